The Bertz CT molecular complexity index is 1180. The van der Waals surface area contributed by atoms with Crippen molar-refractivity contribution >= 4 is 46.5 Å². The molecule has 1 aromatic heterocycles. The second-order valence-electron chi connectivity index (χ2n) is 6.10. The van der Waals surface area contributed by atoms with Crippen molar-refractivity contribution in [3.05, 3.63) is 73.7 Å². The number of rotatable bonds is 6. The molecule has 0 saturated heterocycles. The average molecular weight is 468 g/mol. The lowest BCUT2D eigenvalue weighted by Gasteiger charge is -2.09. The number of nitrogens with zero attached hydrogens (tertiary/aromatic N) is 2. The number of halogens is 3. The highest BCUT2D eigenvalue weighted by molar-refractivity contribution is 6.34. The van der Waals surface area contributed by atoms with E-state index in [9.17, 15) is 24.1 Å². The molecule has 12 heteroatoms. The van der Waals surface area contributed by atoms with E-state index in [1.165, 1.54) is 25.1 Å². The third-order valence-corrected chi connectivity index (χ3v) is 4.67. The van der Waals surface area contributed by atoms with Crippen LogP contribution >= 0.6 is 23.2 Å². The molecule has 31 heavy (non-hydrogen) atoms. The van der Waals surface area contributed by atoms with Gasteiger partial charge in [0.25, 0.3) is 11.6 Å². The number of nitrogens with one attached hydrogen (secondary N) is 1. The fourth-order valence-electron chi connectivity index (χ4n) is 2.62. The van der Waals surface area contributed by atoms with Crippen LogP contribution in [0.5, 0.6) is 0 Å². The number of nitro benzene ring substituents is 1. The van der Waals surface area contributed by atoms with E-state index in [0.717, 1.165) is 18.2 Å². The number of ether oxygens (including phenoxy) is 1. The molecular formula is C19H12Cl2FN3O6. The summed E-state index contributed by atoms with van der Waals surface area (Å²) in [5, 5.41) is 16.7. The Labute approximate surface area is 183 Å². The van der Waals surface area contributed by atoms with E-state index in [1.807, 2.05) is 0 Å². The maximum absolute atomic E-state index is 14.2. The number of carbonyl (C=O) groups is 2. The van der Waals surface area contributed by atoms with Gasteiger partial charge in [-0.3, -0.25) is 14.9 Å². The molecule has 0 spiro atoms. The molecule has 2 aromatic carbocycles. The summed E-state index contributed by atoms with van der Waals surface area (Å²) in [5.41, 5.74) is -0.655. The maximum Gasteiger partial charge on any atom is 0.344 e. The zero-order valence-electron chi connectivity index (χ0n) is 15.6. The standard InChI is InChI=1S/C19H12Cl2FN3O6/c1-9-16(18(24-31-9)17-11(20)3-2-4-13(17)22)19(27)30-8-15(26)23-14-6-5-10(25(28)29)7-12(14)21/h2-7H,8H2,1H3,(H,23,26). The molecule has 1 amide bonds. The number of esters is 1. The summed E-state index contributed by atoms with van der Waals surface area (Å²) in [7, 11) is 0. The van der Waals surface area contributed by atoms with Gasteiger partial charge in [-0.15, -0.1) is 0 Å². The molecule has 0 radical (unpaired) electrons. The zero-order valence-corrected chi connectivity index (χ0v) is 17.2. The Hall–Kier alpha value is -3.50. The highest BCUT2D eigenvalue weighted by Gasteiger charge is 2.27. The lowest BCUT2D eigenvalue weighted by atomic mass is 10.1. The van der Waals surface area contributed by atoms with Crippen molar-refractivity contribution < 1.29 is 28.2 Å². The van der Waals surface area contributed by atoms with Gasteiger partial charge in [0.05, 0.1) is 26.2 Å². The van der Waals surface area contributed by atoms with Crippen LogP contribution in [-0.4, -0.2) is 28.6 Å². The van der Waals surface area contributed by atoms with Crippen LogP contribution in [0.15, 0.2) is 40.9 Å². The van der Waals surface area contributed by atoms with E-state index >= 15 is 0 Å². The van der Waals surface area contributed by atoms with Gasteiger partial charge in [-0.25, -0.2) is 9.18 Å². The SMILES string of the molecule is Cc1onc(-c2c(F)cccc2Cl)c1C(=O)OCC(=O)Nc1ccc([N+](=O)[O-])cc1Cl. The van der Waals surface area contributed by atoms with Crippen LogP contribution in [0.2, 0.25) is 10.0 Å². The topological polar surface area (TPSA) is 125 Å². The van der Waals surface area contributed by atoms with Crippen molar-refractivity contribution in [2.45, 2.75) is 6.92 Å². The summed E-state index contributed by atoms with van der Waals surface area (Å²) in [6, 6.07) is 7.40. The third kappa shape index (κ3) is 4.81. The molecule has 0 fully saturated rings. The molecule has 1 N–H and O–H groups in total. The molecule has 1 heterocycles. The first kappa shape index (κ1) is 22.2. The molecule has 0 atom stereocenters. The van der Waals surface area contributed by atoms with E-state index in [1.54, 1.807) is 0 Å². The molecule has 9 nitrogen and oxygen atoms in total. The third-order valence-electron chi connectivity index (χ3n) is 4.04. The minimum Gasteiger partial charge on any atom is -0.452 e. The fraction of sp³-hybridized carbons (Fsp3) is 0.105. The van der Waals surface area contributed by atoms with E-state index in [-0.39, 0.29) is 44.0 Å². The molecular weight excluding hydrogens is 456 g/mol. The first-order chi connectivity index (χ1) is 14.7. The van der Waals surface area contributed by atoms with Gasteiger partial charge in [0.2, 0.25) is 0 Å². The Kier molecular flexibility index (Phi) is 6.52. The fourth-order valence-corrected chi connectivity index (χ4v) is 3.09. The van der Waals surface area contributed by atoms with Gasteiger partial charge in [-0.1, -0.05) is 34.4 Å². The molecule has 0 saturated carbocycles. The van der Waals surface area contributed by atoms with Gasteiger partial charge in [0.1, 0.15) is 22.8 Å². The summed E-state index contributed by atoms with van der Waals surface area (Å²) in [6.45, 7) is 0.694. The highest BCUT2D eigenvalue weighted by Crippen LogP contribution is 2.33. The van der Waals surface area contributed by atoms with Crippen LogP contribution in [-0.2, 0) is 9.53 Å². The maximum atomic E-state index is 14.2. The molecule has 160 valence electrons. The number of carbonyl (C=O) groups excluding carboxylic acids is 2. The van der Waals surface area contributed by atoms with Gasteiger partial charge in [-0.05, 0) is 25.1 Å². The number of amides is 1. The van der Waals surface area contributed by atoms with E-state index in [0.29, 0.717) is 0 Å². The second-order valence-corrected chi connectivity index (χ2v) is 6.92. The number of anilines is 1. The van der Waals surface area contributed by atoms with Crippen LogP contribution in [0.1, 0.15) is 16.1 Å². The zero-order chi connectivity index (χ0) is 22.7. The number of hydrogen-bond donors (Lipinski definition) is 1. The first-order valence-corrected chi connectivity index (χ1v) is 9.26. The van der Waals surface area contributed by atoms with Gasteiger partial charge < -0.3 is 14.6 Å². The highest BCUT2D eigenvalue weighted by atomic mass is 35.5. The number of nitro groups is 1. The Morgan fingerprint density at radius 1 is 1.26 bits per heavy atom. The molecule has 0 unspecified atom stereocenters. The predicted octanol–water partition coefficient (Wildman–Crippen LogP) is 4.80. The number of non-ortho nitro benzene ring substituents is 1. The molecule has 0 aliphatic heterocycles. The quantitative estimate of drug-likeness (QED) is 0.313. The van der Waals surface area contributed by atoms with Crippen molar-refractivity contribution in [1.82, 2.24) is 5.16 Å². The van der Waals surface area contributed by atoms with Crippen LogP contribution in [0, 0.1) is 22.9 Å². The van der Waals surface area contributed by atoms with Crippen molar-refractivity contribution in [2.75, 3.05) is 11.9 Å². The van der Waals surface area contributed by atoms with Gasteiger partial charge >= 0.3 is 5.97 Å². The second kappa shape index (κ2) is 9.11. The molecule has 0 aliphatic rings. The van der Waals surface area contributed by atoms with Crippen molar-refractivity contribution in [1.29, 1.82) is 0 Å². The van der Waals surface area contributed by atoms with E-state index in [4.69, 9.17) is 32.5 Å². The number of hydrogen-bond acceptors (Lipinski definition) is 7. The predicted molar refractivity (Wildman–Crippen MR) is 109 cm³/mol. The number of aromatic nitrogens is 1. The molecule has 3 aromatic rings. The largest absolute Gasteiger partial charge is 0.452 e. The summed E-state index contributed by atoms with van der Waals surface area (Å²) in [4.78, 5) is 34.7. The van der Waals surface area contributed by atoms with Crippen molar-refractivity contribution in [2.24, 2.45) is 0 Å². The summed E-state index contributed by atoms with van der Waals surface area (Å²) in [5.74, 6) is -2.43. The lowest BCUT2D eigenvalue weighted by molar-refractivity contribution is -0.384. The molecule has 0 bridgehead atoms. The number of aryl methyl sites for hydroxylation is 1. The molecule has 3 rings (SSSR count). The van der Waals surface area contributed by atoms with Crippen LogP contribution in [0.25, 0.3) is 11.3 Å². The van der Waals surface area contributed by atoms with Crippen LogP contribution in [0.3, 0.4) is 0 Å². The van der Waals surface area contributed by atoms with Gasteiger partial charge in [0.15, 0.2) is 6.61 Å². The Morgan fingerprint density at radius 2 is 2.00 bits per heavy atom. The van der Waals surface area contributed by atoms with Gasteiger partial charge in [0, 0.05) is 12.1 Å². The first-order valence-electron chi connectivity index (χ1n) is 8.50. The summed E-state index contributed by atoms with van der Waals surface area (Å²) in [6.07, 6.45) is 0. The van der Waals surface area contributed by atoms with E-state index < -0.39 is 29.2 Å². The minimum absolute atomic E-state index is 0.00732. The van der Waals surface area contributed by atoms with Gasteiger partial charge in [-0.2, -0.15) is 0 Å². The average Bonchev–Trinajstić information content (AvgIpc) is 3.08. The number of benzene rings is 2. The van der Waals surface area contributed by atoms with Crippen molar-refractivity contribution in [3.8, 4) is 11.3 Å². The lowest BCUT2D eigenvalue weighted by Crippen LogP contribution is -2.21. The normalized spacial score (nSPS) is 10.6. The Morgan fingerprint density at radius 3 is 2.65 bits per heavy atom. The van der Waals surface area contributed by atoms with Crippen molar-refractivity contribution in [3.63, 3.8) is 0 Å². The van der Waals surface area contributed by atoms with Crippen LogP contribution in [0.4, 0.5) is 15.8 Å². The van der Waals surface area contributed by atoms with E-state index in [2.05, 4.69) is 10.5 Å². The monoisotopic (exact) mass is 467 g/mol. The van der Waals surface area contributed by atoms with Crippen LogP contribution < -0.4 is 5.32 Å². The Balaban J connectivity index is 1.73. The minimum atomic E-state index is -0.988. The smallest absolute Gasteiger partial charge is 0.344 e. The summed E-state index contributed by atoms with van der Waals surface area (Å²) < 4.78 is 24.2. The molecule has 0 aliphatic carbocycles. The summed E-state index contributed by atoms with van der Waals surface area (Å²) >= 11 is 11.9.